The molecule has 158 valence electrons. The molecule has 2 heteroatoms. The molecule has 0 N–H and O–H groups in total. The number of hydrogen-bond acceptors (Lipinski definition) is 0. The van der Waals surface area contributed by atoms with Gasteiger partial charge in [-0.15, -0.1) is 0 Å². The zero-order valence-corrected chi connectivity index (χ0v) is 18.9. The molecule has 28 heavy (non-hydrogen) atoms. The summed E-state index contributed by atoms with van der Waals surface area (Å²) in [6.07, 6.45) is 3.64. The van der Waals surface area contributed by atoms with E-state index in [2.05, 4.69) is 62.4 Å². The van der Waals surface area contributed by atoms with Crippen LogP contribution in [0.1, 0.15) is 44.2 Å². The summed E-state index contributed by atoms with van der Waals surface area (Å²) in [5.41, 5.74) is 3.19. The Kier molecular flexibility index (Phi) is 14.5. The van der Waals surface area contributed by atoms with Gasteiger partial charge >= 0.3 is 0 Å². The molecule has 0 atom stereocenters. The Morgan fingerprint density at radius 1 is 0.643 bits per heavy atom. The van der Waals surface area contributed by atoms with Crippen molar-refractivity contribution in [3.05, 3.63) is 120 Å². The van der Waals surface area contributed by atoms with Gasteiger partial charge in [0.2, 0.25) is 0 Å². The van der Waals surface area contributed by atoms with Crippen molar-refractivity contribution in [2.75, 3.05) is 0 Å². The van der Waals surface area contributed by atoms with Gasteiger partial charge in [0.15, 0.2) is 0 Å². The van der Waals surface area contributed by atoms with Crippen molar-refractivity contribution in [3.8, 4) is 0 Å². The molecule has 0 fully saturated rings. The molecule has 0 heterocycles. The maximum atomic E-state index is 2.30. The quantitative estimate of drug-likeness (QED) is 0.217. The molecule has 0 aliphatic heterocycles. The molecule has 0 unspecified atom stereocenters. The minimum Gasteiger partial charge on any atom is -0.748 e. The maximum absolute atomic E-state index is 2.30. The molecule has 0 amide bonds. The van der Waals surface area contributed by atoms with Gasteiger partial charge < -0.3 is 30.3 Å². The van der Waals surface area contributed by atoms with Crippen LogP contribution in [0.25, 0.3) is 0 Å². The Labute approximate surface area is 192 Å². The van der Waals surface area contributed by atoms with E-state index in [4.69, 9.17) is 0 Å². The Balaban J connectivity index is 0.000000500. The van der Waals surface area contributed by atoms with Crippen molar-refractivity contribution < 1.29 is 34.1 Å². The molecule has 0 bridgehead atoms. The van der Waals surface area contributed by atoms with Crippen molar-refractivity contribution in [2.24, 2.45) is 0 Å². The average molecular weight is 454 g/mol. The average Bonchev–Trinajstić information content (AvgIpc) is 3.51. The second-order valence-electron chi connectivity index (χ2n) is 6.46. The van der Waals surface area contributed by atoms with Crippen LogP contribution in [0, 0.1) is 0 Å². The van der Waals surface area contributed by atoms with Gasteiger partial charge in [-0.3, -0.25) is 0 Å². The molecule has 0 saturated carbocycles. The van der Waals surface area contributed by atoms with Gasteiger partial charge in [-0.1, -0.05) is 38.5 Å². The molecule has 0 spiro atoms. The van der Waals surface area contributed by atoms with Crippen LogP contribution in [0.3, 0.4) is 0 Å². The molecule has 0 aliphatic carbocycles. The summed E-state index contributed by atoms with van der Waals surface area (Å²) in [5, 5.41) is 0. The summed E-state index contributed by atoms with van der Waals surface area (Å²) in [6, 6.07) is 37.7. The Bertz CT molecular complexity index is 635. The zero-order chi connectivity index (χ0) is 18.5. The fraction of sp³-hybridized carbons (Fsp3) is 0.231. The molecule has 0 aliphatic rings. The van der Waals surface area contributed by atoms with Crippen LogP contribution >= 0.6 is 0 Å². The van der Waals surface area contributed by atoms with Gasteiger partial charge in [0.25, 0.3) is 0 Å². The van der Waals surface area contributed by atoms with Crippen LogP contribution in [-0.4, -0.2) is 0 Å². The third kappa shape index (κ3) is 7.82. The van der Waals surface area contributed by atoms with Gasteiger partial charge in [-0.2, -0.15) is 53.6 Å². The first-order valence-electron chi connectivity index (χ1n) is 9.61. The van der Waals surface area contributed by atoms with Crippen LogP contribution in [0.4, 0.5) is 0 Å². The summed E-state index contributed by atoms with van der Waals surface area (Å²) in [7, 11) is 0. The van der Waals surface area contributed by atoms with E-state index in [1.165, 1.54) is 30.4 Å². The predicted octanol–water partition coefficient (Wildman–Crippen LogP) is 7.43. The molecule has 0 aromatic heterocycles. The minimum absolute atomic E-state index is 0. The van der Waals surface area contributed by atoms with Crippen LogP contribution < -0.4 is 0 Å². The fourth-order valence-electron chi connectivity index (χ4n) is 3.49. The van der Waals surface area contributed by atoms with Crippen LogP contribution in [0.2, 0.25) is 0 Å². The van der Waals surface area contributed by atoms with E-state index in [1.807, 2.05) is 60.7 Å². The summed E-state index contributed by atoms with van der Waals surface area (Å²) in [6.45, 7) is 4.58. The molecular weight excluding hydrogens is 424 g/mol. The summed E-state index contributed by atoms with van der Waals surface area (Å²) in [4.78, 5) is 0. The molecule has 4 rings (SSSR count). The van der Waals surface area contributed by atoms with E-state index in [0.29, 0.717) is 0 Å². The van der Waals surface area contributed by atoms with E-state index < -0.39 is 0 Å². The first kappa shape index (κ1) is 26.4. The molecule has 0 nitrogen and oxygen atoms in total. The Morgan fingerprint density at radius 2 is 1.04 bits per heavy atom. The van der Waals surface area contributed by atoms with E-state index >= 15 is 0 Å². The molecular formula is C26H30Fe2-8. The van der Waals surface area contributed by atoms with Gasteiger partial charge in [0.1, 0.15) is 0 Å². The normalized spacial score (nSPS) is 9.64. The third-order valence-electron chi connectivity index (χ3n) is 4.82. The summed E-state index contributed by atoms with van der Waals surface area (Å²) < 4.78 is 0. The largest absolute Gasteiger partial charge is 0.748 e. The monoisotopic (exact) mass is 454 g/mol. The second-order valence-corrected chi connectivity index (χ2v) is 6.46. The molecule has 0 saturated heterocycles. The standard InChI is InChI=1S/C16H20.2C5H5.2Fe/c1-3-13-16(4-2,14-9-5-6-10-14)15-11-7-8-12-15;2*1-2-4-5-3-1;;/h5-12H,3-4,13H2,1-2H3;2*1-5H;;/q-2;-5;-1;;. The molecule has 4 aromatic rings. The molecule has 0 radical (unpaired) electrons. The van der Waals surface area contributed by atoms with Crippen molar-refractivity contribution >= 4 is 0 Å². The number of rotatable bonds is 5. The van der Waals surface area contributed by atoms with Gasteiger partial charge in [-0.25, -0.2) is 36.4 Å². The van der Waals surface area contributed by atoms with E-state index in [9.17, 15) is 0 Å². The van der Waals surface area contributed by atoms with Crippen LogP contribution in [0.15, 0.2) is 109 Å². The smallest absolute Gasteiger partial charge is 0 e. The van der Waals surface area contributed by atoms with E-state index in [0.717, 1.165) is 0 Å². The predicted molar refractivity (Wildman–Crippen MR) is 114 cm³/mol. The topological polar surface area (TPSA) is 0 Å². The van der Waals surface area contributed by atoms with E-state index in [1.54, 1.807) is 0 Å². The Morgan fingerprint density at radius 3 is 1.29 bits per heavy atom. The van der Waals surface area contributed by atoms with Crippen molar-refractivity contribution in [1.29, 1.82) is 0 Å². The van der Waals surface area contributed by atoms with Gasteiger partial charge in [0.05, 0.1) is 0 Å². The second kappa shape index (κ2) is 15.4. The summed E-state index contributed by atoms with van der Waals surface area (Å²) >= 11 is 0. The van der Waals surface area contributed by atoms with Crippen LogP contribution in [-0.2, 0) is 39.6 Å². The maximum Gasteiger partial charge on any atom is 0 e. The van der Waals surface area contributed by atoms with E-state index in [-0.39, 0.29) is 39.6 Å². The van der Waals surface area contributed by atoms with Gasteiger partial charge in [-0.05, 0) is 0 Å². The van der Waals surface area contributed by atoms with Crippen LogP contribution in [0.5, 0.6) is 0 Å². The van der Waals surface area contributed by atoms with Gasteiger partial charge in [0, 0.05) is 34.1 Å². The fourth-order valence-corrected chi connectivity index (χ4v) is 3.49. The SMILES string of the molecule is CCCC(CC)([c-]1cccc1)[c-]1cccc1.[Fe].[Fe].[cH-]1[cH-][cH-][cH-][cH-]1.c1cc[cH-]c1. The van der Waals surface area contributed by atoms with Crippen molar-refractivity contribution in [2.45, 2.75) is 38.5 Å². The number of hydrogen-bond donors (Lipinski definition) is 0. The minimum atomic E-state index is 0. The summed E-state index contributed by atoms with van der Waals surface area (Å²) in [5.74, 6) is 0. The van der Waals surface area contributed by atoms with Crippen molar-refractivity contribution in [3.63, 3.8) is 0 Å². The molecule has 4 aromatic carbocycles. The van der Waals surface area contributed by atoms with Crippen molar-refractivity contribution in [1.82, 2.24) is 0 Å². The zero-order valence-electron chi connectivity index (χ0n) is 16.7. The first-order chi connectivity index (χ1) is 12.8. The first-order valence-corrected chi connectivity index (χ1v) is 9.61. The third-order valence-corrected chi connectivity index (χ3v) is 4.82. The Hall–Kier alpha value is -1.56.